The molecular weight excluding hydrogens is 144 g/mol. The highest BCUT2D eigenvalue weighted by atomic mass is 16.7. The van der Waals surface area contributed by atoms with Crippen molar-refractivity contribution in [3.63, 3.8) is 0 Å². The van der Waals surface area contributed by atoms with Crippen LogP contribution in [0.2, 0.25) is 0 Å². The predicted octanol–water partition coefficient (Wildman–Crippen LogP) is 1.24. The van der Waals surface area contributed by atoms with Gasteiger partial charge in [0.25, 0.3) is 0 Å². The fourth-order valence-corrected chi connectivity index (χ4v) is 0.821. The summed E-state index contributed by atoms with van der Waals surface area (Å²) < 4.78 is 10.00. The van der Waals surface area contributed by atoms with Crippen molar-refractivity contribution in [2.24, 2.45) is 0 Å². The summed E-state index contributed by atoms with van der Waals surface area (Å²) in [5, 5.41) is 0. The second kappa shape index (κ2) is 3.53. The zero-order valence-electron chi connectivity index (χ0n) is 6.79. The summed E-state index contributed by atoms with van der Waals surface area (Å²) in [4.78, 5) is 10.8. The standard InChI is InChI=1S/C8H12O3/c1-3-4-10-7-5-6(2)8(9)11-7/h5,7H,3-4H2,1-2H3. The molecule has 3 heteroatoms. The fourth-order valence-electron chi connectivity index (χ4n) is 0.821. The Hall–Kier alpha value is -0.830. The van der Waals surface area contributed by atoms with Crippen LogP contribution in [0.5, 0.6) is 0 Å². The number of hydrogen-bond donors (Lipinski definition) is 0. The van der Waals surface area contributed by atoms with Crippen LogP contribution in [0.4, 0.5) is 0 Å². The van der Waals surface area contributed by atoms with Crippen LogP contribution in [0, 0.1) is 0 Å². The van der Waals surface area contributed by atoms with E-state index in [1.54, 1.807) is 13.0 Å². The normalized spacial score (nSPS) is 23.3. The fraction of sp³-hybridized carbons (Fsp3) is 0.625. The third-order valence-electron chi connectivity index (χ3n) is 1.42. The van der Waals surface area contributed by atoms with Crippen molar-refractivity contribution in [1.29, 1.82) is 0 Å². The van der Waals surface area contributed by atoms with Crippen LogP contribution in [0.1, 0.15) is 20.3 Å². The molecule has 1 aliphatic heterocycles. The Morgan fingerprint density at radius 2 is 2.45 bits per heavy atom. The van der Waals surface area contributed by atoms with Gasteiger partial charge < -0.3 is 9.47 Å². The largest absolute Gasteiger partial charge is 0.429 e. The molecule has 3 nitrogen and oxygen atoms in total. The SMILES string of the molecule is CCCOC1C=C(C)C(=O)O1. The minimum absolute atomic E-state index is 0.272. The van der Waals surface area contributed by atoms with E-state index in [0.29, 0.717) is 12.2 Å². The molecule has 62 valence electrons. The molecule has 0 saturated carbocycles. The molecule has 1 unspecified atom stereocenters. The number of esters is 1. The summed E-state index contributed by atoms with van der Waals surface area (Å²) >= 11 is 0. The zero-order chi connectivity index (χ0) is 8.27. The Kier molecular flexibility index (Phi) is 2.65. The molecule has 0 aromatic rings. The van der Waals surface area contributed by atoms with Crippen LogP contribution in [0.3, 0.4) is 0 Å². The molecule has 11 heavy (non-hydrogen) atoms. The third-order valence-corrected chi connectivity index (χ3v) is 1.42. The zero-order valence-corrected chi connectivity index (χ0v) is 6.79. The lowest BCUT2D eigenvalue weighted by molar-refractivity contribution is -0.158. The summed E-state index contributed by atoms with van der Waals surface area (Å²) in [6.45, 7) is 4.35. The number of hydrogen-bond acceptors (Lipinski definition) is 3. The van der Waals surface area contributed by atoms with Gasteiger partial charge in [0.1, 0.15) is 0 Å². The van der Waals surface area contributed by atoms with E-state index in [-0.39, 0.29) is 5.97 Å². The first-order valence-electron chi connectivity index (χ1n) is 3.75. The summed E-state index contributed by atoms with van der Waals surface area (Å²) in [5.74, 6) is -0.272. The molecule has 0 N–H and O–H groups in total. The summed E-state index contributed by atoms with van der Waals surface area (Å²) in [6.07, 6.45) is 2.18. The lowest BCUT2D eigenvalue weighted by Crippen LogP contribution is -2.12. The van der Waals surface area contributed by atoms with Gasteiger partial charge in [0.15, 0.2) is 0 Å². The van der Waals surface area contributed by atoms with Crippen molar-refractivity contribution in [3.05, 3.63) is 11.6 Å². The summed E-state index contributed by atoms with van der Waals surface area (Å²) in [5.41, 5.74) is 0.631. The number of cyclic esters (lactones) is 1. The number of rotatable bonds is 3. The van der Waals surface area contributed by atoms with E-state index in [9.17, 15) is 4.79 Å². The molecule has 0 aliphatic carbocycles. The third kappa shape index (κ3) is 2.05. The van der Waals surface area contributed by atoms with Crippen molar-refractivity contribution < 1.29 is 14.3 Å². The van der Waals surface area contributed by atoms with Gasteiger partial charge in [0.05, 0.1) is 6.61 Å². The molecule has 0 amide bonds. The number of ether oxygens (including phenoxy) is 2. The van der Waals surface area contributed by atoms with Gasteiger partial charge in [-0.15, -0.1) is 0 Å². The second-order valence-corrected chi connectivity index (χ2v) is 2.49. The number of carbonyl (C=O) groups is 1. The Morgan fingerprint density at radius 1 is 1.73 bits per heavy atom. The minimum atomic E-state index is -0.442. The van der Waals surface area contributed by atoms with Crippen molar-refractivity contribution in [2.45, 2.75) is 26.6 Å². The smallest absolute Gasteiger partial charge is 0.336 e. The van der Waals surface area contributed by atoms with Gasteiger partial charge in [-0.2, -0.15) is 0 Å². The van der Waals surface area contributed by atoms with Gasteiger partial charge >= 0.3 is 5.97 Å². The summed E-state index contributed by atoms with van der Waals surface area (Å²) in [7, 11) is 0. The highest BCUT2D eigenvalue weighted by Crippen LogP contribution is 2.13. The molecule has 1 aliphatic rings. The topological polar surface area (TPSA) is 35.5 Å². The lowest BCUT2D eigenvalue weighted by atomic mass is 10.3. The lowest BCUT2D eigenvalue weighted by Gasteiger charge is -2.07. The van der Waals surface area contributed by atoms with Crippen molar-refractivity contribution in [3.8, 4) is 0 Å². The van der Waals surface area contributed by atoms with Gasteiger partial charge in [0.2, 0.25) is 6.29 Å². The quantitative estimate of drug-likeness (QED) is 0.577. The van der Waals surface area contributed by atoms with E-state index < -0.39 is 6.29 Å². The van der Waals surface area contributed by atoms with E-state index >= 15 is 0 Å². The molecule has 1 rings (SSSR count). The van der Waals surface area contributed by atoms with Crippen LogP contribution in [0.25, 0.3) is 0 Å². The first-order valence-corrected chi connectivity index (χ1v) is 3.75. The Morgan fingerprint density at radius 3 is 2.91 bits per heavy atom. The molecular formula is C8H12O3. The maximum atomic E-state index is 10.8. The van der Waals surface area contributed by atoms with E-state index in [0.717, 1.165) is 6.42 Å². The van der Waals surface area contributed by atoms with Crippen LogP contribution >= 0.6 is 0 Å². The van der Waals surface area contributed by atoms with Crippen LogP contribution in [-0.2, 0) is 14.3 Å². The monoisotopic (exact) mass is 156 g/mol. The minimum Gasteiger partial charge on any atom is -0.429 e. The first-order chi connectivity index (χ1) is 5.24. The Labute approximate surface area is 66.0 Å². The maximum absolute atomic E-state index is 10.8. The molecule has 1 heterocycles. The first kappa shape index (κ1) is 8.27. The molecule has 0 bridgehead atoms. The average molecular weight is 156 g/mol. The Balaban J connectivity index is 2.35. The van der Waals surface area contributed by atoms with Gasteiger partial charge in [-0.25, -0.2) is 4.79 Å². The molecule has 0 spiro atoms. The molecule has 0 aromatic carbocycles. The average Bonchev–Trinajstić information content (AvgIpc) is 2.28. The van der Waals surface area contributed by atoms with Crippen molar-refractivity contribution >= 4 is 5.97 Å². The van der Waals surface area contributed by atoms with Crippen LogP contribution < -0.4 is 0 Å². The molecule has 0 saturated heterocycles. The maximum Gasteiger partial charge on any atom is 0.336 e. The van der Waals surface area contributed by atoms with Gasteiger partial charge in [-0.05, 0) is 19.4 Å². The molecule has 1 atom stereocenters. The molecule has 0 aromatic heterocycles. The van der Waals surface area contributed by atoms with Gasteiger partial charge in [0, 0.05) is 5.57 Å². The van der Waals surface area contributed by atoms with Crippen LogP contribution in [-0.4, -0.2) is 18.9 Å². The van der Waals surface area contributed by atoms with Crippen molar-refractivity contribution in [1.82, 2.24) is 0 Å². The van der Waals surface area contributed by atoms with Crippen LogP contribution in [0.15, 0.2) is 11.6 Å². The van der Waals surface area contributed by atoms with E-state index in [1.807, 2.05) is 6.92 Å². The highest BCUT2D eigenvalue weighted by molar-refractivity contribution is 5.89. The van der Waals surface area contributed by atoms with Gasteiger partial charge in [-0.1, -0.05) is 6.92 Å². The predicted molar refractivity (Wildman–Crippen MR) is 39.9 cm³/mol. The summed E-state index contributed by atoms with van der Waals surface area (Å²) in [6, 6.07) is 0. The Bertz CT molecular complexity index is 184. The molecule has 0 fully saturated rings. The van der Waals surface area contributed by atoms with Gasteiger partial charge in [-0.3, -0.25) is 0 Å². The second-order valence-electron chi connectivity index (χ2n) is 2.49. The van der Waals surface area contributed by atoms with Crippen molar-refractivity contribution in [2.75, 3.05) is 6.61 Å². The highest BCUT2D eigenvalue weighted by Gasteiger charge is 2.21. The van der Waals surface area contributed by atoms with E-state index in [1.165, 1.54) is 0 Å². The molecule has 0 radical (unpaired) electrons. The number of carbonyl (C=O) groups excluding carboxylic acids is 1. The van der Waals surface area contributed by atoms with E-state index in [4.69, 9.17) is 9.47 Å². The van der Waals surface area contributed by atoms with E-state index in [2.05, 4.69) is 0 Å².